The molecule has 0 atom stereocenters. The SMILES string of the molecule is Cn1c(=O)c2cc(N3CCCCC3)[n+]([O-])nc2n(C)c1=O. The van der Waals surface area contributed by atoms with Crippen molar-refractivity contribution in [3.8, 4) is 0 Å². The number of piperidine rings is 1. The van der Waals surface area contributed by atoms with Gasteiger partial charge >= 0.3 is 11.5 Å². The van der Waals surface area contributed by atoms with Crippen LogP contribution in [0.2, 0.25) is 0 Å². The first-order valence-corrected chi connectivity index (χ1v) is 6.96. The van der Waals surface area contributed by atoms with Crippen molar-refractivity contribution in [1.29, 1.82) is 0 Å². The van der Waals surface area contributed by atoms with Gasteiger partial charge in [-0.05, 0) is 19.3 Å². The van der Waals surface area contributed by atoms with E-state index in [2.05, 4.69) is 5.10 Å². The Kier molecular flexibility index (Phi) is 3.15. The van der Waals surface area contributed by atoms with E-state index < -0.39 is 11.2 Å². The summed E-state index contributed by atoms with van der Waals surface area (Å²) in [6, 6.07) is 1.54. The van der Waals surface area contributed by atoms with Crippen molar-refractivity contribution >= 4 is 16.9 Å². The average Bonchev–Trinajstić information content (AvgIpc) is 2.51. The molecular weight excluding hydrogens is 274 g/mol. The zero-order valence-corrected chi connectivity index (χ0v) is 12.1. The van der Waals surface area contributed by atoms with E-state index in [0.717, 1.165) is 36.9 Å². The van der Waals surface area contributed by atoms with Crippen molar-refractivity contribution in [2.24, 2.45) is 14.1 Å². The lowest BCUT2D eigenvalue weighted by Crippen LogP contribution is -2.45. The van der Waals surface area contributed by atoms with Crippen molar-refractivity contribution in [2.75, 3.05) is 18.0 Å². The van der Waals surface area contributed by atoms with Crippen molar-refractivity contribution < 1.29 is 4.85 Å². The molecule has 3 heterocycles. The molecule has 1 aliphatic heterocycles. The van der Waals surface area contributed by atoms with Crippen LogP contribution in [0.4, 0.5) is 5.82 Å². The number of nitrogens with zero attached hydrogens (tertiary/aromatic N) is 5. The van der Waals surface area contributed by atoms with Gasteiger partial charge in [0.1, 0.15) is 0 Å². The highest BCUT2D eigenvalue weighted by Gasteiger charge is 2.23. The fraction of sp³-hybridized carbons (Fsp3) is 0.538. The second-order valence-electron chi connectivity index (χ2n) is 5.37. The zero-order valence-electron chi connectivity index (χ0n) is 12.1. The highest BCUT2D eigenvalue weighted by atomic mass is 16.5. The van der Waals surface area contributed by atoms with Gasteiger partial charge in [0, 0.05) is 20.2 Å². The minimum Gasteiger partial charge on any atom is -0.691 e. The fourth-order valence-corrected chi connectivity index (χ4v) is 2.76. The summed E-state index contributed by atoms with van der Waals surface area (Å²) in [4.78, 5) is 26.5. The molecule has 112 valence electrons. The molecule has 0 radical (unpaired) electrons. The summed E-state index contributed by atoms with van der Waals surface area (Å²) in [7, 11) is 2.92. The monoisotopic (exact) mass is 291 g/mol. The standard InChI is InChI=1S/C13H17N5O3/c1-15-11-9(12(19)16(2)13(15)20)8-10(18(21)14-11)17-6-4-3-5-7-17/h8H,3-7H2,1-2H3. The Hall–Kier alpha value is -2.38. The number of aryl methyl sites for hydroxylation is 1. The van der Waals surface area contributed by atoms with Gasteiger partial charge in [-0.2, -0.15) is 0 Å². The van der Waals surface area contributed by atoms with E-state index in [1.807, 2.05) is 4.90 Å². The molecule has 3 rings (SSSR count). The zero-order chi connectivity index (χ0) is 15.1. The summed E-state index contributed by atoms with van der Waals surface area (Å²) in [6.07, 6.45) is 3.18. The third kappa shape index (κ3) is 2.07. The minimum atomic E-state index is -0.495. The molecule has 0 amide bonds. The Labute approximate surface area is 120 Å². The second-order valence-corrected chi connectivity index (χ2v) is 5.37. The highest BCUT2D eigenvalue weighted by molar-refractivity contribution is 5.75. The largest absolute Gasteiger partial charge is 0.691 e. The molecule has 1 aliphatic rings. The Morgan fingerprint density at radius 2 is 1.81 bits per heavy atom. The Balaban J connectivity index is 2.28. The summed E-state index contributed by atoms with van der Waals surface area (Å²) in [5, 5.41) is 16.3. The van der Waals surface area contributed by atoms with Crippen molar-refractivity contribution in [1.82, 2.24) is 14.2 Å². The van der Waals surface area contributed by atoms with Crippen LogP contribution in [-0.4, -0.2) is 27.3 Å². The van der Waals surface area contributed by atoms with Gasteiger partial charge in [0.05, 0.1) is 18.5 Å². The van der Waals surface area contributed by atoms with Gasteiger partial charge in [-0.25, -0.2) is 4.79 Å². The molecule has 0 unspecified atom stereocenters. The molecule has 2 aromatic rings. The number of rotatable bonds is 1. The molecule has 2 aromatic heterocycles. The van der Waals surface area contributed by atoms with Crippen LogP contribution < -0.4 is 21.0 Å². The van der Waals surface area contributed by atoms with Gasteiger partial charge in [0.2, 0.25) is 0 Å². The van der Waals surface area contributed by atoms with Crippen LogP contribution in [0.5, 0.6) is 0 Å². The van der Waals surface area contributed by atoms with E-state index in [-0.39, 0.29) is 11.0 Å². The van der Waals surface area contributed by atoms with Gasteiger partial charge in [0.15, 0.2) is 5.65 Å². The van der Waals surface area contributed by atoms with E-state index >= 15 is 0 Å². The van der Waals surface area contributed by atoms with Crippen LogP contribution in [0.3, 0.4) is 0 Å². The molecular formula is C13H17N5O3. The van der Waals surface area contributed by atoms with Gasteiger partial charge in [-0.15, -0.1) is 4.85 Å². The summed E-state index contributed by atoms with van der Waals surface area (Å²) < 4.78 is 2.24. The molecule has 8 heteroatoms. The van der Waals surface area contributed by atoms with E-state index in [1.54, 1.807) is 6.07 Å². The lowest BCUT2D eigenvalue weighted by atomic mass is 10.1. The molecule has 8 nitrogen and oxygen atoms in total. The van der Waals surface area contributed by atoms with Crippen LogP contribution >= 0.6 is 0 Å². The van der Waals surface area contributed by atoms with Gasteiger partial charge in [0.25, 0.3) is 5.56 Å². The van der Waals surface area contributed by atoms with Crippen LogP contribution in [0, 0.1) is 5.21 Å². The lowest BCUT2D eigenvalue weighted by molar-refractivity contribution is -0.654. The van der Waals surface area contributed by atoms with E-state index in [0.29, 0.717) is 10.7 Å². The first kappa shape index (κ1) is 13.6. The van der Waals surface area contributed by atoms with Crippen molar-refractivity contribution in [2.45, 2.75) is 19.3 Å². The number of anilines is 1. The quantitative estimate of drug-likeness (QED) is 0.510. The van der Waals surface area contributed by atoms with Crippen LogP contribution in [-0.2, 0) is 14.1 Å². The molecule has 0 spiro atoms. The fourth-order valence-electron chi connectivity index (χ4n) is 2.76. The molecule has 1 fully saturated rings. The maximum absolute atomic E-state index is 12.2. The van der Waals surface area contributed by atoms with Gasteiger partial charge in [-0.1, -0.05) is 5.10 Å². The van der Waals surface area contributed by atoms with E-state index in [4.69, 9.17) is 0 Å². The highest BCUT2D eigenvalue weighted by Crippen LogP contribution is 2.17. The molecule has 0 N–H and O–H groups in total. The topological polar surface area (TPSA) is 87.1 Å². The second kappa shape index (κ2) is 4.87. The predicted molar refractivity (Wildman–Crippen MR) is 77.2 cm³/mol. The molecule has 0 bridgehead atoms. The molecule has 0 saturated carbocycles. The van der Waals surface area contributed by atoms with E-state index in [1.165, 1.54) is 18.7 Å². The Morgan fingerprint density at radius 1 is 1.14 bits per heavy atom. The molecule has 0 aliphatic carbocycles. The molecule has 1 saturated heterocycles. The van der Waals surface area contributed by atoms with E-state index in [9.17, 15) is 14.8 Å². The minimum absolute atomic E-state index is 0.110. The van der Waals surface area contributed by atoms with Crippen LogP contribution in [0.1, 0.15) is 19.3 Å². The lowest BCUT2D eigenvalue weighted by Gasteiger charge is -2.23. The summed E-state index contributed by atoms with van der Waals surface area (Å²) >= 11 is 0. The van der Waals surface area contributed by atoms with Crippen molar-refractivity contribution in [3.63, 3.8) is 0 Å². The first-order valence-electron chi connectivity index (χ1n) is 6.96. The van der Waals surface area contributed by atoms with Crippen LogP contribution in [0.15, 0.2) is 15.7 Å². The number of hydrogen-bond acceptors (Lipinski definition) is 5. The maximum Gasteiger partial charge on any atom is 0.332 e. The first-order chi connectivity index (χ1) is 10.0. The normalized spacial score (nSPS) is 15.6. The summed E-state index contributed by atoms with van der Waals surface area (Å²) in [5.74, 6) is 0.373. The predicted octanol–water partition coefficient (Wildman–Crippen LogP) is -0.744. The van der Waals surface area contributed by atoms with Gasteiger partial charge < -0.3 is 5.21 Å². The summed E-state index contributed by atoms with van der Waals surface area (Å²) in [5.41, 5.74) is -0.816. The van der Waals surface area contributed by atoms with Crippen LogP contribution in [0.25, 0.3) is 11.0 Å². The average molecular weight is 291 g/mol. The number of fused-ring (bicyclic) bond motifs is 1. The number of aromatic nitrogens is 4. The third-order valence-electron chi connectivity index (χ3n) is 4.00. The molecule has 21 heavy (non-hydrogen) atoms. The molecule has 0 aromatic carbocycles. The Morgan fingerprint density at radius 3 is 2.48 bits per heavy atom. The Bertz CT molecular complexity index is 817. The van der Waals surface area contributed by atoms with Gasteiger partial charge in [-0.3, -0.25) is 18.8 Å². The maximum atomic E-state index is 12.2. The smallest absolute Gasteiger partial charge is 0.332 e. The summed E-state index contributed by atoms with van der Waals surface area (Å²) in [6.45, 7) is 1.56. The van der Waals surface area contributed by atoms with Crippen molar-refractivity contribution in [3.05, 3.63) is 32.1 Å². The number of hydrogen-bond donors (Lipinski definition) is 0. The third-order valence-corrected chi connectivity index (χ3v) is 4.00.